The van der Waals surface area contributed by atoms with Crippen molar-refractivity contribution in [2.75, 3.05) is 0 Å². The van der Waals surface area contributed by atoms with Gasteiger partial charge in [-0.15, -0.1) is 0 Å². The quantitative estimate of drug-likeness (QED) is 0.594. The second kappa shape index (κ2) is 7.27. The van der Waals surface area contributed by atoms with Crippen molar-refractivity contribution in [2.45, 2.75) is 78.7 Å². The molecule has 0 fully saturated rings. The standard InChI is InChI=1S/C14H30O/c1-6-13(4)14(5,15)11-9-7-8-10-12(2)3/h12-13,15H,6-11H2,1-5H3. The predicted molar refractivity (Wildman–Crippen MR) is 68.0 cm³/mol. The van der Waals surface area contributed by atoms with E-state index < -0.39 is 5.60 Å². The molecule has 0 aliphatic heterocycles. The van der Waals surface area contributed by atoms with Crippen LogP contribution in [-0.2, 0) is 0 Å². The van der Waals surface area contributed by atoms with E-state index in [2.05, 4.69) is 27.7 Å². The van der Waals surface area contributed by atoms with E-state index in [1.165, 1.54) is 25.7 Å². The summed E-state index contributed by atoms with van der Waals surface area (Å²) < 4.78 is 0. The second-order valence-electron chi connectivity index (χ2n) is 5.66. The van der Waals surface area contributed by atoms with Gasteiger partial charge in [0, 0.05) is 0 Å². The average Bonchev–Trinajstić information content (AvgIpc) is 2.15. The van der Waals surface area contributed by atoms with Gasteiger partial charge in [0.1, 0.15) is 0 Å². The van der Waals surface area contributed by atoms with Gasteiger partial charge in [0.2, 0.25) is 0 Å². The Kier molecular flexibility index (Phi) is 7.25. The topological polar surface area (TPSA) is 20.2 Å². The molecule has 0 aliphatic carbocycles. The van der Waals surface area contributed by atoms with Gasteiger partial charge in [0.25, 0.3) is 0 Å². The van der Waals surface area contributed by atoms with Crippen LogP contribution in [0.25, 0.3) is 0 Å². The Hall–Kier alpha value is -0.0400. The van der Waals surface area contributed by atoms with Crippen LogP contribution < -0.4 is 0 Å². The van der Waals surface area contributed by atoms with Gasteiger partial charge in [0.05, 0.1) is 5.60 Å². The van der Waals surface area contributed by atoms with Crippen LogP contribution in [-0.4, -0.2) is 10.7 Å². The zero-order valence-corrected chi connectivity index (χ0v) is 11.3. The number of hydrogen-bond acceptors (Lipinski definition) is 1. The molecule has 0 bridgehead atoms. The number of unbranched alkanes of at least 4 members (excludes halogenated alkanes) is 2. The van der Waals surface area contributed by atoms with Gasteiger partial charge in [-0.2, -0.15) is 0 Å². The molecule has 0 radical (unpaired) electrons. The molecule has 0 heterocycles. The molecule has 1 heteroatoms. The first-order valence-corrected chi connectivity index (χ1v) is 6.62. The fourth-order valence-electron chi connectivity index (χ4n) is 1.90. The van der Waals surface area contributed by atoms with Crippen LogP contribution in [0.3, 0.4) is 0 Å². The molecular formula is C14H30O. The first-order valence-electron chi connectivity index (χ1n) is 6.62. The lowest BCUT2D eigenvalue weighted by Gasteiger charge is -2.29. The van der Waals surface area contributed by atoms with Crippen molar-refractivity contribution in [3.63, 3.8) is 0 Å². The van der Waals surface area contributed by atoms with E-state index >= 15 is 0 Å². The van der Waals surface area contributed by atoms with Crippen LogP contribution >= 0.6 is 0 Å². The number of hydrogen-bond donors (Lipinski definition) is 1. The van der Waals surface area contributed by atoms with Crippen molar-refractivity contribution in [2.24, 2.45) is 11.8 Å². The largest absolute Gasteiger partial charge is 0.390 e. The smallest absolute Gasteiger partial charge is 0.0645 e. The van der Waals surface area contributed by atoms with Crippen molar-refractivity contribution in [3.8, 4) is 0 Å². The lowest BCUT2D eigenvalue weighted by molar-refractivity contribution is -0.00536. The van der Waals surface area contributed by atoms with E-state index in [4.69, 9.17) is 0 Å². The molecule has 0 rings (SSSR count). The monoisotopic (exact) mass is 214 g/mol. The van der Waals surface area contributed by atoms with Gasteiger partial charge in [-0.05, 0) is 25.2 Å². The Labute approximate surface area is 96.3 Å². The summed E-state index contributed by atoms with van der Waals surface area (Å²) in [5.74, 6) is 1.24. The van der Waals surface area contributed by atoms with Crippen LogP contribution in [0.15, 0.2) is 0 Å². The Balaban J connectivity index is 3.57. The van der Waals surface area contributed by atoms with E-state index in [9.17, 15) is 5.11 Å². The van der Waals surface area contributed by atoms with Crippen molar-refractivity contribution in [3.05, 3.63) is 0 Å². The molecule has 0 aliphatic rings. The maximum Gasteiger partial charge on any atom is 0.0645 e. The van der Waals surface area contributed by atoms with Gasteiger partial charge in [-0.25, -0.2) is 0 Å². The molecule has 0 spiro atoms. The third kappa shape index (κ3) is 6.94. The van der Waals surface area contributed by atoms with E-state index in [-0.39, 0.29) is 0 Å². The van der Waals surface area contributed by atoms with Crippen molar-refractivity contribution in [1.29, 1.82) is 0 Å². The summed E-state index contributed by atoms with van der Waals surface area (Å²) in [6.07, 6.45) is 7.10. The maximum absolute atomic E-state index is 10.2. The highest BCUT2D eigenvalue weighted by molar-refractivity contribution is 4.77. The van der Waals surface area contributed by atoms with Crippen LogP contribution in [0.4, 0.5) is 0 Å². The number of aliphatic hydroxyl groups is 1. The van der Waals surface area contributed by atoms with Gasteiger partial charge in [0.15, 0.2) is 0 Å². The molecule has 2 atom stereocenters. The summed E-state index contributed by atoms with van der Waals surface area (Å²) in [5.41, 5.74) is -0.452. The van der Waals surface area contributed by atoms with E-state index in [1.807, 2.05) is 6.92 Å². The SMILES string of the molecule is CCC(C)C(C)(O)CCCCCC(C)C. The van der Waals surface area contributed by atoms with E-state index in [0.29, 0.717) is 5.92 Å². The lowest BCUT2D eigenvalue weighted by Crippen LogP contribution is -2.32. The Morgan fingerprint density at radius 1 is 1.07 bits per heavy atom. The molecule has 92 valence electrons. The predicted octanol–water partition coefficient (Wildman–Crippen LogP) is 4.39. The number of rotatable bonds is 8. The van der Waals surface area contributed by atoms with Gasteiger partial charge >= 0.3 is 0 Å². The highest BCUT2D eigenvalue weighted by Crippen LogP contribution is 2.26. The molecule has 0 aromatic heterocycles. The molecule has 1 nitrogen and oxygen atoms in total. The van der Waals surface area contributed by atoms with Crippen LogP contribution in [0.2, 0.25) is 0 Å². The minimum Gasteiger partial charge on any atom is -0.390 e. The van der Waals surface area contributed by atoms with Crippen LogP contribution in [0, 0.1) is 11.8 Å². The molecule has 2 unspecified atom stereocenters. The fraction of sp³-hybridized carbons (Fsp3) is 1.00. The Morgan fingerprint density at radius 2 is 1.67 bits per heavy atom. The van der Waals surface area contributed by atoms with Crippen molar-refractivity contribution in [1.82, 2.24) is 0 Å². The minimum atomic E-state index is -0.452. The summed E-state index contributed by atoms with van der Waals surface area (Å²) in [7, 11) is 0. The molecule has 0 aromatic rings. The summed E-state index contributed by atoms with van der Waals surface area (Å²) >= 11 is 0. The zero-order valence-electron chi connectivity index (χ0n) is 11.3. The molecule has 0 aromatic carbocycles. The molecule has 1 N–H and O–H groups in total. The highest BCUT2D eigenvalue weighted by atomic mass is 16.3. The minimum absolute atomic E-state index is 0.419. The average molecular weight is 214 g/mol. The van der Waals surface area contributed by atoms with Crippen LogP contribution in [0.5, 0.6) is 0 Å². The first kappa shape index (κ1) is 15.0. The Bertz CT molecular complexity index is 149. The Morgan fingerprint density at radius 3 is 2.13 bits per heavy atom. The van der Waals surface area contributed by atoms with Crippen LogP contribution in [0.1, 0.15) is 73.1 Å². The molecule has 0 amide bonds. The molecule has 15 heavy (non-hydrogen) atoms. The van der Waals surface area contributed by atoms with Gasteiger partial charge in [-0.1, -0.05) is 59.8 Å². The van der Waals surface area contributed by atoms with E-state index in [0.717, 1.165) is 18.8 Å². The highest BCUT2D eigenvalue weighted by Gasteiger charge is 2.25. The van der Waals surface area contributed by atoms with Gasteiger partial charge < -0.3 is 5.11 Å². The van der Waals surface area contributed by atoms with Crippen molar-refractivity contribution >= 4 is 0 Å². The molecular weight excluding hydrogens is 184 g/mol. The summed E-state index contributed by atoms with van der Waals surface area (Å²) in [6.45, 7) is 10.8. The first-order chi connectivity index (χ1) is 6.90. The zero-order chi connectivity index (χ0) is 11.9. The van der Waals surface area contributed by atoms with Crippen molar-refractivity contribution < 1.29 is 5.11 Å². The summed E-state index contributed by atoms with van der Waals surface area (Å²) in [5, 5.41) is 10.2. The molecule has 0 saturated carbocycles. The lowest BCUT2D eigenvalue weighted by atomic mass is 9.84. The third-order valence-electron chi connectivity index (χ3n) is 3.64. The normalized spacial score (nSPS) is 17.8. The molecule has 0 saturated heterocycles. The third-order valence-corrected chi connectivity index (χ3v) is 3.64. The summed E-state index contributed by atoms with van der Waals surface area (Å²) in [4.78, 5) is 0. The summed E-state index contributed by atoms with van der Waals surface area (Å²) in [6, 6.07) is 0. The van der Waals surface area contributed by atoms with E-state index in [1.54, 1.807) is 0 Å². The van der Waals surface area contributed by atoms with Gasteiger partial charge in [-0.3, -0.25) is 0 Å². The maximum atomic E-state index is 10.2. The fourth-order valence-corrected chi connectivity index (χ4v) is 1.90. The second-order valence-corrected chi connectivity index (χ2v) is 5.66.